The number of hydrogen-bond acceptors (Lipinski definition) is 3. The minimum absolute atomic E-state index is 0.0369. The second-order valence-corrected chi connectivity index (χ2v) is 8.36. The Morgan fingerprint density at radius 2 is 1.85 bits per heavy atom. The van der Waals surface area contributed by atoms with Crippen LogP contribution in [0.15, 0.2) is 24.3 Å². The predicted octanol–water partition coefficient (Wildman–Crippen LogP) is 2.50. The lowest BCUT2D eigenvalue weighted by Gasteiger charge is -2.41. The van der Waals surface area contributed by atoms with Crippen LogP contribution in [-0.2, 0) is 16.0 Å². The molecule has 1 aliphatic carbocycles. The number of hydrogen-bond donors (Lipinski definition) is 2. The number of rotatable bonds is 5. The Kier molecular flexibility index (Phi) is 4.84. The zero-order valence-corrected chi connectivity index (χ0v) is 15.9. The molecule has 7 heteroatoms. The average Bonchev–Trinajstić information content (AvgIpc) is 3.41. The van der Waals surface area contributed by atoms with Gasteiger partial charge in [-0.05, 0) is 49.1 Å². The van der Waals surface area contributed by atoms with Crippen LogP contribution in [0.1, 0.15) is 37.7 Å². The fourth-order valence-electron chi connectivity index (χ4n) is 4.32. The molecule has 27 heavy (non-hydrogen) atoms. The van der Waals surface area contributed by atoms with E-state index in [4.69, 9.17) is 11.6 Å². The Hall–Kier alpha value is -2.08. The molecule has 0 spiro atoms. The number of halogens is 1. The summed E-state index contributed by atoms with van der Waals surface area (Å²) in [4.78, 5) is 39.0. The van der Waals surface area contributed by atoms with E-state index in [1.165, 1.54) is 0 Å². The summed E-state index contributed by atoms with van der Waals surface area (Å²) in [5.41, 5.74) is -0.169. The third-order valence-corrected chi connectivity index (χ3v) is 6.47. The topological polar surface area (TPSA) is 78.5 Å². The standard InChI is InChI=1S/C20H24ClN3O3/c21-16-4-2-1-3-14(16)12-20(18(26)22-19(27)23-20)15-7-9-24(10-8-15)17(25)11-13-5-6-13/h1-4,13,15H,5-12H2,(H2,22,23,26,27). The van der Waals surface area contributed by atoms with Crippen molar-refractivity contribution in [2.24, 2.45) is 11.8 Å². The number of likely N-dealkylation sites (tertiary alicyclic amines) is 1. The second-order valence-electron chi connectivity index (χ2n) is 7.95. The highest BCUT2D eigenvalue weighted by Crippen LogP contribution is 2.37. The number of urea groups is 1. The number of carbonyl (C=O) groups excluding carboxylic acids is 3. The fourth-order valence-corrected chi connectivity index (χ4v) is 4.53. The van der Waals surface area contributed by atoms with Gasteiger partial charge in [-0.25, -0.2) is 4.79 Å². The van der Waals surface area contributed by atoms with Crippen LogP contribution in [0.3, 0.4) is 0 Å². The first kappa shape index (κ1) is 18.3. The highest BCUT2D eigenvalue weighted by atomic mass is 35.5. The molecular weight excluding hydrogens is 366 g/mol. The summed E-state index contributed by atoms with van der Waals surface area (Å²) in [5.74, 6) is 0.457. The molecule has 1 aromatic rings. The second kappa shape index (κ2) is 7.15. The summed E-state index contributed by atoms with van der Waals surface area (Å²) in [6.07, 6.45) is 4.70. The van der Waals surface area contributed by atoms with Crippen molar-refractivity contribution in [1.82, 2.24) is 15.5 Å². The van der Waals surface area contributed by atoms with Crippen LogP contribution in [0.5, 0.6) is 0 Å². The predicted molar refractivity (Wildman–Crippen MR) is 101 cm³/mol. The number of piperidine rings is 1. The first-order chi connectivity index (χ1) is 13.0. The van der Waals surface area contributed by atoms with Crippen LogP contribution in [0.2, 0.25) is 5.02 Å². The molecule has 1 atom stereocenters. The van der Waals surface area contributed by atoms with Gasteiger partial charge in [-0.3, -0.25) is 14.9 Å². The van der Waals surface area contributed by atoms with Crippen molar-refractivity contribution in [3.05, 3.63) is 34.9 Å². The third-order valence-electron chi connectivity index (χ3n) is 6.10. The van der Waals surface area contributed by atoms with Crippen LogP contribution in [0, 0.1) is 11.8 Å². The molecule has 2 N–H and O–H groups in total. The lowest BCUT2D eigenvalue weighted by atomic mass is 9.74. The van der Waals surface area contributed by atoms with Gasteiger partial charge in [0.1, 0.15) is 5.54 Å². The molecule has 0 radical (unpaired) electrons. The minimum atomic E-state index is -1.01. The molecule has 1 saturated carbocycles. The normalized spacial score (nSPS) is 26.0. The molecule has 1 unspecified atom stereocenters. The van der Waals surface area contributed by atoms with Crippen LogP contribution in [0.4, 0.5) is 4.79 Å². The maximum atomic E-state index is 12.8. The maximum Gasteiger partial charge on any atom is 0.322 e. The smallest absolute Gasteiger partial charge is 0.322 e. The summed E-state index contributed by atoms with van der Waals surface area (Å²) < 4.78 is 0. The van der Waals surface area contributed by atoms with Crippen molar-refractivity contribution in [2.75, 3.05) is 13.1 Å². The molecule has 4 amide bonds. The van der Waals surface area contributed by atoms with E-state index in [9.17, 15) is 14.4 Å². The minimum Gasteiger partial charge on any atom is -0.343 e. The molecule has 3 aliphatic rings. The van der Waals surface area contributed by atoms with Gasteiger partial charge in [0.2, 0.25) is 5.91 Å². The Bertz CT molecular complexity index is 771. The van der Waals surface area contributed by atoms with Crippen molar-refractivity contribution >= 4 is 29.4 Å². The highest BCUT2D eigenvalue weighted by molar-refractivity contribution is 6.31. The van der Waals surface area contributed by atoms with E-state index >= 15 is 0 Å². The van der Waals surface area contributed by atoms with Crippen LogP contribution in [-0.4, -0.2) is 41.4 Å². The molecule has 0 aromatic heterocycles. The summed E-state index contributed by atoms with van der Waals surface area (Å²) in [5, 5.41) is 5.87. The van der Waals surface area contributed by atoms with Crippen molar-refractivity contribution in [3.8, 4) is 0 Å². The molecule has 2 heterocycles. The highest BCUT2D eigenvalue weighted by Gasteiger charge is 2.52. The van der Waals surface area contributed by atoms with Crippen molar-refractivity contribution < 1.29 is 14.4 Å². The Morgan fingerprint density at radius 1 is 1.15 bits per heavy atom. The maximum absolute atomic E-state index is 12.8. The van der Waals surface area contributed by atoms with Gasteiger partial charge in [0, 0.05) is 31.0 Å². The summed E-state index contributed by atoms with van der Waals surface area (Å²) >= 11 is 6.31. The van der Waals surface area contributed by atoms with Crippen LogP contribution < -0.4 is 10.6 Å². The number of imide groups is 1. The summed E-state index contributed by atoms with van der Waals surface area (Å²) in [7, 11) is 0. The summed E-state index contributed by atoms with van der Waals surface area (Å²) in [6, 6.07) is 6.94. The zero-order chi connectivity index (χ0) is 19.0. The SMILES string of the molecule is O=C1NC(=O)C(Cc2ccccc2Cl)(C2CCN(C(=O)CC3CC3)CC2)N1. The van der Waals surface area contributed by atoms with Gasteiger partial charge in [-0.15, -0.1) is 0 Å². The van der Waals surface area contributed by atoms with Gasteiger partial charge >= 0.3 is 6.03 Å². The fraction of sp³-hybridized carbons (Fsp3) is 0.550. The molecule has 0 bridgehead atoms. The van der Waals surface area contributed by atoms with Crippen molar-refractivity contribution in [1.29, 1.82) is 0 Å². The lowest BCUT2D eigenvalue weighted by Crippen LogP contribution is -2.58. The van der Waals surface area contributed by atoms with Gasteiger partial charge in [0.25, 0.3) is 5.91 Å². The zero-order valence-electron chi connectivity index (χ0n) is 15.2. The number of nitrogens with zero attached hydrogens (tertiary/aromatic N) is 1. The van der Waals surface area contributed by atoms with E-state index in [2.05, 4.69) is 10.6 Å². The Morgan fingerprint density at radius 3 is 2.44 bits per heavy atom. The van der Waals surface area contributed by atoms with E-state index in [1.54, 1.807) is 6.07 Å². The van der Waals surface area contributed by atoms with E-state index in [0.29, 0.717) is 49.7 Å². The molecule has 144 valence electrons. The monoisotopic (exact) mass is 389 g/mol. The van der Waals surface area contributed by atoms with Gasteiger partial charge in [0.15, 0.2) is 0 Å². The van der Waals surface area contributed by atoms with Gasteiger partial charge < -0.3 is 10.2 Å². The quantitative estimate of drug-likeness (QED) is 0.759. The molecule has 3 fully saturated rings. The van der Waals surface area contributed by atoms with Gasteiger partial charge in [0.05, 0.1) is 0 Å². The molecule has 2 aliphatic heterocycles. The third kappa shape index (κ3) is 3.68. The van der Waals surface area contributed by atoms with Crippen molar-refractivity contribution in [2.45, 2.75) is 44.1 Å². The number of carbonyl (C=O) groups is 3. The number of nitrogens with one attached hydrogen (secondary N) is 2. The first-order valence-electron chi connectivity index (χ1n) is 9.63. The van der Waals surface area contributed by atoms with Gasteiger partial charge in [-0.2, -0.15) is 0 Å². The largest absolute Gasteiger partial charge is 0.343 e. The van der Waals surface area contributed by atoms with E-state index in [1.807, 2.05) is 23.1 Å². The molecule has 6 nitrogen and oxygen atoms in total. The van der Waals surface area contributed by atoms with Crippen LogP contribution in [0.25, 0.3) is 0 Å². The molecule has 4 rings (SSSR count). The summed E-state index contributed by atoms with van der Waals surface area (Å²) in [6.45, 7) is 1.26. The Balaban J connectivity index is 1.50. The van der Waals surface area contributed by atoms with Crippen LogP contribution >= 0.6 is 11.6 Å². The van der Waals surface area contributed by atoms with E-state index in [-0.39, 0.29) is 17.7 Å². The average molecular weight is 390 g/mol. The van der Waals surface area contributed by atoms with Gasteiger partial charge in [-0.1, -0.05) is 29.8 Å². The first-order valence-corrected chi connectivity index (χ1v) is 10.0. The van der Waals surface area contributed by atoms with E-state index in [0.717, 1.165) is 18.4 Å². The Labute approximate surface area is 163 Å². The van der Waals surface area contributed by atoms with Crippen molar-refractivity contribution in [3.63, 3.8) is 0 Å². The number of benzene rings is 1. The molecular formula is C20H24ClN3O3. The number of amides is 4. The molecule has 1 aromatic carbocycles. The van der Waals surface area contributed by atoms with E-state index < -0.39 is 11.6 Å². The molecule has 2 saturated heterocycles. The lowest BCUT2D eigenvalue weighted by molar-refractivity contribution is -0.134.